The van der Waals surface area contributed by atoms with E-state index in [4.69, 9.17) is 23.2 Å². The molecule has 1 amide bonds. The minimum absolute atomic E-state index is 0.206. The van der Waals surface area contributed by atoms with E-state index >= 15 is 0 Å². The van der Waals surface area contributed by atoms with Crippen molar-refractivity contribution >= 4 is 40.6 Å². The molecule has 3 aromatic rings. The molecule has 0 unspecified atom stereocenters. The predicted molar refractivity (Wildman–Crippen MR) is 105 cm³/mol. The molecule has 0 fully saturated rings. The number of nitrogens with zero attached hydrogens (tertiary/aromatic N) is 2. The van der Waals surface area contributed by atoms with E-state index < -0.39 is 0 Å². The first kappa shape index (κ1) is 18.2. The summed E-state index contributed by atoms with van der Waals surface area (Å²) in [6, 6.07) is 13.0. The summed E-state index contributed by atoms with van der Waals surface area (Å²) in [6.45, 7) is 2.69. The number of aryl methyl sites for hydroxylation is 1. The third-order valence-electron chi connectivity index (χ3n) is 3.78. The number of anilines is 2. The molecule has 0 aliphatic rings. The molecular weight excluding hydrogens is 371 g/mol. The Bertz CT molecular complexity index is 929. The van der Waals surface area contributed by atoms with Crippen LogP contribution in [0.2, 0.25) is 10.0 Å². The molecular formula is C19H16Cl2N4O. The van der Waals surface area contributed by atoms with Gasteiger partial charge in [-0.15, -0.1) is 0 Å². The molecule has 0 aliphatic carbocycles. The van der Waals surface area contributed by atoms with Crippen LogP contribution in [0.4, 0.5) is 11.5 Å². The second-order valence-electron chi connectivity index (χ2n) is 5.65. The Morgan fingerprint density at radius 1 is 1.04 bits per heavy atom. The van der Waals surface area contributed by atoms with Crippen molar-refractivity contribution in [3.8, 4) is 0 Å². The van der Waals surface area contributed by atoms with E-state index in [1.807, 2.05) is 12.1 Å². The molecule has 0 atom stereocenters. The fourth-order valence-electron chi connectivity index (χ4n) is 2.30. The highest BCUT2D eigenvalue weighted by Crippen LogP contribution is 2.25. The summed E-state index contributed by atoms with van der Waals surface area (Å²) in [5.41, 5.74) is 3.12. The number of aromatic nitrogens is 2. The fourth-order valence-corrected chi connectivity index (χ4v) is 2.60. The van der Waals surface area contributed by atoms with Gasteiger partial charge in [-0.2, -0.15) is 0 Å². The summed E-state index contributed by atoms with van der Waals surface area (Å²) in [4.78, 5) is 20.6. The Morgan fingerprint density at radius 3 is 2.54 bits per heavy atom. The monoisotopic (exact) mass is 386 g/mol. The average Bonchev–Trinajstić information content (AvgIpc) is 2.64. The van der Waals surface area contributed by atoms with Gasteiger partial charge in [0, 0.05) is 12.2 Å². The van der Waals surface area contributed by atoms with Crippen molar-refractivity contribution in [2.24, 2.45) is 0 Å². The maximum atomic E-state index is 12.2. The van der Waals surface area contributed by atoms with E-state index in [9.17, 15) is 4.79 Å². The second kappa shape index (κ2) is 8.17. The van der Waals surface area contributed by atoms with Crippen LogP contribution in [0.3, 0.4) is 0 Å². The standard InChI is InChI=1S/C19H16Cl2N4O/c1-12-4-2-3-5-13(12)9-23-18-11-22-17(10-24-18)19(26)25-14-6-7-15(20)16(21)8-14/h2-8,10-11H,9H2,1H3,(H,23,24)(H,25,26). The predicted octanol–water partition coefficient (Wildman–Crippen LogP) is 4.96. The maximum absolute atomic E-state index is 12.2. The van der Waals surface area contributed by atoms with Crippen LogP contribution in [0.15, 0.2) is 54.9 Å². The third kappa shape index (κ3) is 4.50. The highest BCUT2D eigenvalue weighted by Gasteiger charge is 2.10. The first-order chi connectivity index (χ1) is 12.5. The Morgan fingerprint density at radius 2 is 1.85 bits per heavy atom. The van der Waals surface area contributed by atoms with E-state index in [-0.39, 0.29) is 11.6 Å². The van der Waals surface area contributed by atoms with Crippen molar-refractivity contribution in [2.45, 2.75) is 13.5 Å². The van der Waals surface area contributed by atoms with Crippen molar-refractivity contribution in [3.63, 3.8) is 0 Å². The highest BCUT2D eigenvalue weighted by atomic mass is 35.5. The first-order valence-electron chi connectivity index (χ1n) is 7.90. The van der Waals surface area contributed by atoms with Crippen LogP contribution in [0.1, 0.15) is 21.6 Å². The number of halogens is 2. The van der Waals surface area contributed by atoms with Gasteiger partial charge in [0.25, 0.3) is 5.91 Å². The van der Waals surface area contributed by atoms with Gasteiger partial charge in [-0.1, -0.05) is 47.5 Å². The first-order valence-corrected chi connectivity index (χ1v) is 8.65. The SMILES string of the molecule is Cc1ccccc1CNc1cnc(C(=O)Nc2ccc(Cl)c(Cl)c2)cn1. The molecule has 7 heteroatoms. The lowest BCUT2D eigenvalue weighted by molar-refractivity contribution is 0.102. The van der Waals surface area contributed by atoms with Crippen molar-refractivity contribution in [1.82, 2.24) is 9.97 Å². The summed E-state index contributed by atoms with van der Waals surface area (Å²) >= 11 is 11.8. The molecule has 3 rings (SSSR count). The topological polar surface area (TPSA) is 66.9 Å². The zero-order valence-corrected chi connectivity index (χ0v) is 15.5. The van der Waals surface area contributed by atoms with Crippen molar-refractivity contribution in [2.75, 3.05) is 10.6 Å². The molecule has 5 nitrogen and oxygen atoms in total. The van der Waals surface area contributed by atoms with Crippen LogP contribution >= 0.6 is 23.2 Å². The number of hydrogen-bond donors (Lipinski definition) is 2. The normalized spacial score (nSPS) is 10.4. The molecule has 1 heterocycles. The van der Waals surface area contributed by atoms with E-state index in [1.165, 1.54) is 23.5 Å². The molecule has 26 heavy (non-hydrogen) atoms. The molecule has 2 N–H and O–H groups in total. The summed E-state index contributed by atoms with van der Waals surface area (Å²) in [5.74, 6) is 0.223. The third-order valence-corrected chi connectivity index (χ3v) is 4.52. The van der Waals surface area contributed by atoms with Gasteiger partial charge in [0.1, 0.15) is 11.5 Å². The van der Waals surface area contributed by atoms with E-state index in [0.717, 1.165) is 0 Å². The van der Waals surface area contributed by atoms with Gasteiger partial charge in [0.2, 0.25) is 0 Å². The van der Waals surface area contributed by atoms with Crippen LogP contribution < -0.4 is 10.6 Å². The molecule has 2 aromatic carbocycles. The van der Waals surface area contributed by atoms with Gasteiger partial charge < -0.3 is 10.6 Å². The minimum atomic E-state index is -0.374. The number of carbonyl (C=O) groups excluding carboxylic acids is 1. The van der Waals surface area contributed by atoms with Gasteiger partial charge in [-0.25, -0.2) is 9.97 Å². The van der Waals surface area contributed by atoms with Crippen LogP contribution in [-0.4, -0.2) is 15.9 Å². The zero-order valence-electron chi connectivity index (χ0n) is 14.0. The van der Waals surface area contributed by atoms with Gasteiger partial charge in [-0.3, -0.25) is 4.79 Å². The Kier molecular flexibility index (Phi) is 5.71. The molecule has 0 saturated carbocycles. The summed E-state index contributed by atoms with van der Waals surface area (Å²) < 4.78 is 0. The number of benzene rings is 2. The van der Waals surface area contributed by atoms with Crippen molar-refractivity contribution in [3.05, 3.63) is 81.7 Å². The second-order valence-corrected chi connectivity index (χ2v) is 6.46. The fraction of sp³-hybridized carbons (Fsp3) is 0.105. The summed E-state index contributed by atoms with van der Waals surface area (Å²) in [5, 5.41) is 6.69. The smallest absolute Gasteiger partial charge is 0.275 e. The number of nitrogens with one attached hydrogen (secondary N) is 2. The van der Waals surface area contributed by atoms with Crippen LogP contribution in [0, 0.1) is 6.92 Å². The van der Waals surface area contributed by atoms with Crippen LogP contribution in [0.25, 0.3) is 0 Å². The number of rotatable bonds is 5. The van der Waals surface area contributed by atoms with Crippen LogP contribution in [0.5, 0.6) is 0 Å². The molecule has 1 aromatic heterocycles. The Balaban J connectivity index is 1.62. The zero-order chi connectivity index (χ0) is 18.5. The number of amides is 1. The van der Waals surface area contributed by atoms with Crippen LogP contribution in [-0.2, 0) is 6.54 Å². The Hall–Kier alpha value is -2.63. The molecule has 0 radical (unpaired) electrons. The Labute approximate surface area is 161 Å². The van der Waals surface area contributed by atoms with Gasteiger partial charge in [0.15, 0.2) is 0 Å². The lowest BCUT2D eigenvalue weighted by atomic mass is 10.1. The van der Waals surface area contributed by atoms with Gasteiger partial charge in [-0.05, 0) is 36.2 Å². The largest absolute Gasteiger partial charge is 0.365 e. The summed E-state index contributed by atoms with van der Waals surface area (Å²) in [7, 11) is 0. The van der Waals surface area contributed by atoms with Gasteiger partial charge >= 0.3 is 0 Å². The number of hydrogen-bond acceptors (Lipinski definition) is 4. The van der Waals surface area contributed by atoms with E-state index in [2.05, 4.69) is 39.7 Å². The maximum Gasteiger partial charge on any atom is 0.275 e. The van der Waals surface area contributed by atoms with Crippen molar-refractivity contribution in [1.29, 1.82) is 0 Å². The molecule has 0 bridgehead atoms. The highest BCUT2D eigenvalue weighted by molar-refractivity contribution is 6.42. The molecule has 0 spiro atoms. The lowest BCUT2D eigenvalue weighted by Crippen LogP contribution is -2.14. The summed E-state index contributed by atoms with van der Waals surface area (Å²) in [6.07, 6.45) is 2.95. The average molecular weight is 387 g/mol. The number of carbonyl (C=O) groups is 1. The molecule has 0 aliphatic heterocycles. The lowest BCUT2D eigenvalue weighted by Gasteiger charge is -2.09. The van der Waals surface area contributed by atoms with E-state index in [0.29, 0.717) is 28.1 Å². The quantitative estimate of drug-likeness (QED) is 0.650. The minimum Gasteiger partial charge on any atom is -0.365 e. The van der Waals surface area contributed by atoms with Crippen molar-refractivity contribution < 1.29 is 4.79 Å². The van der Waals surface area contributed by atoms with E-state index in [1.54, 1.807) is 18.2 Å². The molecule has 0 saturated heterocycles. The molecule has 132 valence electrons. The van der Waals surface area contributed by atoms with Gasteiger partial charge in [0.05, 0.1) is 22.4 Å².